The van der Waals surface area contributed by atoms with E-state index in [4.69, 9.17) is 0 Å². The summed E-state index contributed by atoms with van der Waals surface area (Å²) in [7, 11) is 0. The number of fused-ring (bicyclic) bond motifs is 3. The average molecular weight is 327 g/mol. The number of nitrogens with one attached hydrogen (secondary N) is 1. The van der Waals surface area contributed by atoms with Gasteiger partial charge in [-0.05, 0) is 61.6 Å². The van der Waals surface area contributed by atoms with Gasteiger partial charge in [0.2, 0.25) is 0 Å². The largest absolute Gasteiger partial charge is 0.333 e. The molecule has 1 aromatic carbocycles. The first-order chi connectivity index (χ1) is 11.6. The highest BCUT2D eigenvalue weighted by Crippen LogP contribution is 2.32. The van der Waals surface area contributed by atoms with Crippen LogP contribution < -0.4 is 5.32 Å². The molecule has 3 aliphatic heterocycles. The molecule has 0 spiro atoms. The van der Waals surface area contributed by atoms with Crippen LogP contribution in [0.25, 0.3) is 11.1 Å². The van der Waals surface area contributed by atoms with Gasteiger partial charge in [0.15, 0.2) is 0 Å². The number of halogens is 1. The minimum absolute atomic E-state index is 0.0882. The number of piperidine rings is 3. The summed E-state index contributed by atoms with van der Waals surface area (Å²) in [6, 6.07) is 8.97. The Labute approximate surface area is 141 Å². The van der Waals surface area contributed by atoms with Gasteiger partial charge in [0, 0.05) is 31.0 Å². The zero-order valence-corrected chi connectivity index (χ0v) is 13.8. The van der Waals surface area contributed by atoms with Crippen LogP contribution in [0.15, 0.2) is 42.7 Å². The summed E-state index contributed by atoms with van der Waals surface area (Å²) in [4.78, 5) is 15.0. The zero-order chi connectivity index (χ0) is 16.7. The smallest absolute Gasteiger partial charge is 0.325 e. The molecule has 5 heteroatoms. The average Bonchev–Trinajstić information content (AvgIpc) is 3.07. The summed E-state index contributed by atoms with van der Waals surface area (Å²) in [5.74, 6) is 0.327. The molecule has 4 atom stereocenters. The maximum Gasteiger partial charge on any atom is 0.325 e. The van der Waals surface area contributed by atoms with Gasteiger partial charge in [0.25, 0.3) is 0 Å². The van der Waals surface area contributed by atoms with Gasteiger partial charge in [-0.15, -0.1) is 0 Å². The first-order valence-electron chi connectivity index (χ1n) is 8.59. The molecule has 3 unspecified atom stereocenters. The zero-order valence-electron chi connectivity index (χ0n) is 13.8. The molecular weight excluding hydrogens is 305 g/mol. The Kier molecular flexibility index (Phi) is 3.88. The topological polar surface area (TPSA) is 37.3 Å². The maximum absolute atomic E-state index is 13.0. The lowest BCUT2D eigenvalue weighted by Crippen LogP contribution is -2.60. The van der Waals surface area contributed by atoms with Crippen LogP contribution >= 0.6 is 0 Å². The number of nitrogens with zero attached hydrogens (tertiary/aromatic N) is 2. The van der Waals surface area contributed by atoms with Crippen molar-refractivity contribution in [2.24, 2.45) is 5.92 Å². The molecular formula is C19H22FN3O. The first-order valence-corrected chi connectivity index (χ1v) is 8.59. The second-order valence-corrected chi connectivity index (χ2v) is 7.00. The first kappa shape index (κ1) is 15.4. The molecule has 1 aromatic heterocycles. The quantitative estimate of drug-likeness (QED) is 0.918. The van der Waals surface area contributed by atoms with E-state index in [0.717, 1.165) is 30.6 Å². The SMILES string of the molecule is CC1CC2CCN1C[C@@H]2NC(=O)n1ccc(-c2ccc(F)cc2)c1. The fourth-order valence-corrected chi connectivity index (χ4v) is 4.03. The van der Waals surface area contributed by atoms with Crippen molar-refractivity contribution < 1.29 is 9.18 Å². The van der Waals surface area contributed by atoms with E-state index in [-0.39, 0.29) is 17.9 Å². The summed E-state index contributed by atoms with van der Waals surface area (Å²) >= 11 is 0. The van der Waals surface area contributed by atoms with Crippen molar-refractivity contribution >= 4 is 6.03 Å². The standard InChI is InChI=1S/C19H22FN3O/c1-13-10-15-6-8-22(13)12-18(15)21-19(24)23-9-7-16(11-23)14-2-4-17(20)5-3-14/h2-5,7,9,11,13,15,18H,6,8,10,12H2,1H3,(H,21,24)/t13?,15?,18-/m0/s1. The van der Waals surface area contributed by atoms with Crippen LogP contribution in [-0.4, -0.2) is 40.7 Å². The van der Waals surface area contributed by atoms with Crippen molar-refractivity contribution in [2.45, 2.75) is 31.8 Å². The molecule has 0 radical (unpaired) electrons. The van der Waals surface area contributed by atoms with Crippen molar-refractivity contribution in [1.82, 2.24) is 14.8 Å². The lowest BCUT2D eigenvalue weighted by molar-refractivity contribution is 0.0322. The molecule has 0 aliphatic carbocycles. The van der Waals surface area contributed by atoms with Gasteiger partial charge in [-0.2, -0.15) is 0 Å². The van der Waals surface area contributed by atoms with Gasteiger partial charge in [0.1, 0.15) is 5.82 Å². The molecule has 1 N–H and O–H groups in total. The number of aromatic nitrogens is 1. The molecule has 0 saturated carbocycles. The second-order valence-electron chi connectivity index (χ2n) is 7.00. The van der Waals surface area contributed by atoms with E-state index in [2.05, 4.69) is 17.1 Å². The van der Waals surface area contributed by atoms with Crippen molar-refractivity contribution in [3.8, 4) is 11.1 Å². The summed E-state index contributed by atoms with van der Waals surface area (Å²) in [6.07, 6.45) is 5.89. The Bertz CT molecular complexity index is 739. The monoisotopic (exact) mass is 327 g/mol. The van der Waals surface area contributed by atoms with E-state index >= 15 is 0 Å². The third-order valence-corrected chi connectivity index (χ3v) is 5.47. The molecule has 4 nitrogen and oxygen atoms in total. The van der Waals surface area contributed by atoms with E-state index in [0.29, 0.717) is 12.0 Å². The molecule has 126 valence electrons. The van der Waals surface area contributed by atoms with Crippen LogP contribution in [0.1, 0.15) is 19.8 Å². The minimum Gasteiger partial charge on any atom is -0.333 e. The maximum atomic E-state index is 13.0. The molecule has 24 heavy (non-hydrogen) atoms. The molecule has 3 fully saturated rings. The molecule has 4 heterocycles. The molecule has 3 saturated heterocycles. The van der Waals surface area contributed by atoms with Gasteiger partial charge in [0.05, 0.1) is 0 Å². The predicted molar refractivity (Wildman–Crippen MR) is 91.3 cm³/mol. The lowest BCUT2D eigenvalue weighted by atomic mass is 9.80. The van der Waals surface area contributed by atoms with Crippen LogP contribution in [-0.2, 0) is 0 Å². The number of hydrogen-bond acceptors (Lipinski definition) is 2. The number of carbonyl (C=O) groups is 1. The molecule has 2 bridgehead atoms. The van der Waals surface area contributed by atoms with Crippen LogP contribution in [0.4, 0.5) is 9.18 Å². The lowest BCUT2D eigenvalue weighted by Gasteiger charge is -2.48. The van der Waals surface area contributed by atoms with Crippen molar-refractivity contribution in [3.63, 3.8) is 0 Å². The Hall–Kier alpha value is -2.14. The van der Waals surface area contributed by atoms with Gasteiger partial charge in [-0.25, -0.2) is 9.18 Å². The molecule has 5 rings (SSSR count). The highest BCUT2D eigenvalue weighted by Gasteiger charge is 2.38. The third kappa shape index (κ3) is 2.84. The van der Waals surface area contributed by atoms with Crippen molar-refractivity contribution in [3.05, 3.63) is 48.5 Å². The normalized spacial score (nSPS) is 28.8. The highest BCUT2D eigenvalue weighted by atomic mass is 19.1. The summed E-state index contributed by atoms with van der Waals surface area (Å²) in [6.45, 7) is 4.37. The van der Waals surface area contributed by atoms with E-state index in [9.17, 15) is 9.18 Å². The Morgan fingerprint density at radius 2 is 2.00 bits per heavy atom. The number of hydrogen-bond donors (Lipinski definition) is 1. The van der Waals surface area contributed by atoms with E-state index in [1.807, 2.05) is 6.07 Å². The van der Waals surface area contributed by atoms with Crippen LogP contribution in [0, 0.1) is 11.7 Å². The fraction of sp³-hybridized carbons (Fsp3) is 0.421. The number of amides is 1. The molecule has 2 aromatic rings. The molecule has 1 amide bonds. The van der Waals surface area contributed by atoms with Crippen molar-refractivity contribution in [2.75, 3.05) is 13.1 Å². The predicted octanol–water partition coefficient (Wildman–Crippen LogP) is 3.33. The van der Waals surface area contributed by atoms with E-state index in [1.54, 1.807) is 29.1 Å². The Morgan fingerprint density at radius 3 is 2.67 bits per heavy atom. The number of rotatable bonds is 2. The minimum atomic E-state index is -0.257. The summed E-state index contributed by atoms with van der Waals surface area (Å²) in [5.41, 5.74) is 1.81. The summed E-state index contributed by atoms with van der Waals surface area (Å²) in [5, 5.41) is 3.18. The Morgan fingerprint density at radius 1 is 1.21 bits per heavy atom. The summed E-state index contributed by atoms with van der Waals surface area (Å²) < 4.78 is 14.6. The highest BCUT2D eigenvalue weighted by molar-refractivity contribution is 5.79. The Balaban J connectivity index is 1.45. The van der Waals surface area contributed by atoms with Crippen molar-refractivity contribution in [1.29, 1.82) is 0 Å². The molecule has 3 aliphatic rings. The second kappa shape index (κ2) is 6.06. The third-order valence-electron chi connectivity index (χ3n) is 5.47. The van der Waals surface area contributed by atoms with Crippen LogP contribution in [0.3, 0.4) is 0 Å². The van der Waals surface area contributed by atoms with Gasteiger partial charge in [-0.1, -0.05) is 12.1 Å². The van der Waals surface area contributed by atoms with E-state index in [1.165, 1.54) is 18.6 Å². The fourth-order valence-electron chi connectivity index (χ4n) is 4.03. The van der Waals surface area contributed by atoms with Gasteiger partial charge in [-0.3, -0.25) is 9.47 Å². The van der Waals surface area contributed by atoms with Gasteiger partial charge < -0.3 is 5.32 Å². The number of carbonyl (C=O) groups excluding carboxylic acids is 1. The van der Waals surface area contributed by atoms with Gasteiger partial charge >= 0.3 is 6.03 Å². The van der Waals surface area contributed by atoms with Crippen LogP contribution in [0.2, 0.25) is 0 Å². The van der Waals surface area contributed by atoms with E-state index < -0.39 is 0 Å². The van der Waals surface area contributed by atoms with Crippen LogP contribution in [0.5, 0.6) is 0 Å². The number of benzene rings is 1.